The van der Waals surface area contributed by atoms with E-state index in [1.165, 1.54) is 0 Å². The highest BCUT2D eigenvalue weighted by atomic mass is 16.7. The molecule has 1 fully saturated rings. The lowest BCUT2D eigenvalue weighted by molar-refractivity contribution is -0.192. The monoisotopic (exact) mass is 374 g/mol. The standard InChI is InChI=1S/C20H22O7/c21-12-20(13-26-18(23)15-9-5-2-6-10-15)17(16(22)19(24)27-20)25-11-14-7-3-1-4-8-14/h1-10,16-17,19,21-22,24H,11-13H2/t16-,17-,19?,20+/m1/s1. The van der Waals surface area contributed by atoms with E-state index in [0.29, 0.717) is 5.56 Å². The molecule has 1 heterocycles. The summed E-state index contributed by atoms with van der Waals surface area (Å²) in [6, 6.07) is 17.6. The van der Waals surface area contributed by atoms with Crippen LogP contribution in [0, 0.1) is 0 Å². The van der Waals surface area contributed by atoms with Gasteiger partial charge >= 0.3 is 5.97 Å². The van der Waals surface area contributed by atoms with Gasteiger partial charge in [0, 0.05) is 0 Å². The predicted octanol–water partition coefficient (Wildman–Crippen LogP) is 0.869. The average Bonchev–Trinajstić information content (AvgIpc) is 2.96. The third kappa shape index (κ3) is 4.35. The van der Waals surface area contributed by atoms with Crippen LogP contribution in [-0.2, 0) is 20.8 Å². The van der Waals surface area contributed by atoms with Crippen LogP contribution >= 0.6 is 0 Å². The summed E-state index contributed by atoms with van der Waals surface area (Å²) in [5.41, 5.74) is -0.386. The molecule has 0 aromatic heterocycles. The first-order chi connectivity index (χ1) is 13.1. The van der Waals surface area contributed by atoms with E-state index in [0.717, 1.165) is 5.56 Å². The summed E-state index contributed by atoms with van der Waals surface area (Å²) in [5, 5.41) is 30.0. The van der Waals surface area contributed by atoms with E-state index in [-0.39, 0.29) is 13.2 Å². The van der Waals surface area contributed by atoms with Crippen molar-refractivity contribution in [3.8, 4) is 0 Å². The molecule has 144 valence electrons. The van der Waals surface area contributed by atoms with Gasteiger partial charge in [-0.3, -0.25) is 0 Å². The number of carbonyl (C=O) groups is 1. The van der Waals surface area contributed by atoms with Gasteiger partial charge in [0.05, 0.1) is 18.8 Å². The minimum absolute atomic E-state index is 0.132. The lowest BCUT2D eigenvalue weighted by Gasteiger charge is -2.32. The first-order valence-electron chi connectivity index (χ1n) is 8.58. The van der Waals surface area contributed by atoms with Gasteiger partial charge in [-0.25, -0.2) is 4.79 Å². The summed E-state index contributed by atoms with van der Waals surface area (Å²) >= 11 is 0. The molecule has 0 bridgehead atoms. The second-order valence-electron chi connectivity index (χ2n) is 6.38. The molecule has 2 aromatic rings. The molecule has 1 aliphatic rings. The minimum atomic E-state index is -1.57. The Hall–Kier alpha value is -2.29. The van der Waals surface area contributed by atoms with E-state index in [9.17, 15) is 20.1 Å². The van der Waals surface area contributed by atoms with Crippen LogP contribution in [0.5, 0.6) is 0 Å². The summed E-state index contributed by atoms with van der Waals surface area (Å²) in [6.45, 7) is -0.861. The van der Waals surface area contributed by atoms with Crippen molar-refractivity contribution in [2.24, 2.45) is 0 Å². The lowest BCUT2D eigenvalue weighted by atomic mass is 9.96. The Kier molecular flexibility index (Phi) is 6.20. The SMILES string of the molecule is O=C(OC[C@]1(CO)OC(O)[C@H](O)[C@H]1OCc1ccccc1)c1ccccc1. The molecule has 1 aliphatic heterocycles. The van der Waals surface area contributed by atoms with E-state index < -0.39 is 36.7 Å². The van der Waals surface area contributed by atoms with Gasteiger partial charge < -0.3 is 29.5 Å². The topological polar surface area (TPSA) is 105 Å². The van der Waals surface area contributed by atoms with Crippen molar-refractivity contribution < 1.29 is 34.3 Å². The maximum atomic E-state index is 12.2. The third-order valence-corrected chi connectivity index (χ3v) is 4.47. The summed E-state index contributed by atoms with van der Waals surface area (Å²) in [6.07, 6.45) is -4.04. The van der Waals surface area contributed by atoms with E-state index >= 15 is 0 Å². The maximum absolute atomic E-state index is 12.2. The summed E-state index contributed by atoms with van der Waals surface area (Å²) in [4.78, 5) is 12.2. The summed E-state index contributed by atoms with van der Waals surface area (Å²) < 4.78 is 16.3. The molecule has 3 rings (SSSR count). The van der Waals surface area contributed by atoms with E-state index in [1.807, 2.05) is 30.3 Å². The van der Waals surface area contributed by atoms with Crippen molar-refractivity contribution in [2.45, 2.75) is 30.7 Å². The van der Waals surface area contributed by atoms with Crippen LogP contribution in [0.3, 0.4) is 0 Å². The second kappa shape index (κ2) is 8.60. The van der Waals surface area contributed by atoms with Crippen LogP contribution in [0.4, 0.5) is 0 Å². The molecule has 0 amide bonds. The van der Waals surface area contributed by atoms with Gasteiger partial charge in [0.25, 0.3) is 0 Å². The Balaban J connectivity index is 1.70. The zero-order valence-corrected chi connectivity index (χ0v) is 14.6. The van der Waals surface area contributed by atoms with E-state index in [4.69, 9.17) is 14.2 Å². The number of rotatable bonds is 7. The van der Waals surface area contributed by atoms with Gasteiger partial charge in [-0.1, -0.05) is 48.5 Å². The second-order valence-corrected chi connectivity index (χ2v) is 6.38. The third-order valence-electron chi connectivity index (χ3n) is 4.47. The van der Waals surface area contributed by atoms with Gasteiger partial charge in [0.15, 0.2) is 11.9 Å². The number of esters is 1. The Labute approximate surface area is 156 Å². The fourth-order valence-electron chi connectivity index (χ4n) is 2.98. The Morgan fingerprint density at radius 1 is 1.04 bits per heavy atom. The molecule has 3 N–H and O–H groups in total. The number of hydrogen-bond donors (Lipinski definition) is 3. The molecular weight excluding hydrogens is 352 g/mol. The normalized spacial score (nSPS) is 27.4. The van der Waals surface area contributed by atoms with Crippen LogP contribution in [0.15, 0.2) is 60.7 Å². The van der Waals surface area contributed by atoms with Gasteiger partial charge in [0.2, 0.25) is 0 Å². The smallest absolute Gasteiger partial charge is 0.338 e. The highest BCUT2D eigenvalue weighted by Gasteiger charge is 2.56. The molecule has 7 heteroatoms. The highest BCUT2D eigenvalue weighted by Crippen LogP contribution is 2.33. The maximum Gasteiger partial charge on any atom is 0.338 e. The Bertz CT molecular complexity index is 737. The van der Waals surface area contributed by atoms with Crippen LogP contribution in [0.25, 0.3) is 0 Å². The Morgan fingerprint density at radius 2 is 1.67 bits per heavy atom. The van der Waals surface area contributed by atoms with Crippen molar-refractivity contribution in [3.05, 3.63) is 71.8 Å². The summed E-state index contributed by atoms with van der Waals surface area (Å²) in [7, 11) is 0. The molecule has 27 heavy (non-hydrogen) atoms. The largest absolute Gasteiger partial charge is 0.459 e. The molecule has 4 atom stereocenters. The lowest BCUT2D eigenvalue weighted by Crippen LogP contribution is -2.51. The number of aliphatic hydroxyl groups is 3. The molecule has 7 nitrogen and oxygen atoms in total. The number of aliphatic hydroxyl groups excluding tert-OH is 3. The molecule has 0 aliphatic carbocycles. The molecule has 1 unspecified atom stereocenters. The van der Waals surface area contributed by atoms with Crippen LogP contribution in [0.1, 0.15) is 15.9 Å². The molecule has 2 aromatic carbocycles. The minimum Gasteiger partial charge on any atom is -0.459 e. The average molecular weight is 374 g/mol. The van der Waals surface area contributed by atoms with Crippen molar-refractivity contribution in [1.29, 1.82) is 0 Å². The van der Waals surface area contributed by atoms with Gasteiger partial charge in [0.1, 0.15) is 18.8 Å². The number of ether oxygens (including phenoxy) is 3. The van der Waals surface area contributed by atoms with Crippen LogP contribution < -0.4 is 0 Å². The molecule has 0 spiro atoms. The first kappa shape index (κ1) is 19.5. The highest BCUT2D eigenvalue weighted by molar-refractivity contribution is 5.89. The molecule has 1 saturated heterocycles. The first-order valence-corrected chi connectivity index (χ1v) is 8.58. The Morgan fingerprint density at radius 3 is 2.30 bits per heavy atom. The van der Waals surface area contributed by atoms with Gasteiger partial charge in [-0.15, -0.1) is 0 Å². The number of carbonyl (C=O) groups excluding carboxylic acids is 1. The van der Waals surface area contributed by atoms with E-state index in [1.54, 1.807) is 30.3 Å². The predicted molar refractivity (Wildman–Crippen MR) is 94.7 cm³/mol. The van der Waals surface area contributed by atoms with Crippen molar-refractivity contribution >= 4 is 5.97 Å². The number of benzene rings is 2. The number of hydrogen-bond acceptors (Lipinski definition) is 7. The van der Waals surface area contributed by atoms with Crippen molar-refractivity contribution in [3.63, 3.8) is 0 Å². The molecular formula is C20H22O7. The van der Waals surface area contributed by atoms with Gasteiger partial charge in [-0.05, 0) is 17.7 Å². The van der Waals surface area contributed by atoms with Gasteiger partial charge in [-0.2, -0.15) is 0 Å². The fraction of sp³-hybridized carbons (Fsp3) is 0.350. The zero-order chi connectivity index (χ0) is 19.3. The van der Waals surface area contributed by atoms with Crippen LogP contribution in [0.2, 0.25) is 0 Å². The quantitative estimate of drug-likeness (QED) is 0.618. The van der Waals surface area contributed by atoms with Crippen LogP contribution in [-0.4, -0.2) is 58.6 Å². The van der Waals surface area contributed by atoms with Crippen molar-refractivity contribution in [1.82, 2.24) is 0 Å². The van der Waals surface area contributed by atoms with E-state index in [2.05, 4.69) is 0 Å². The fourth-order valence-corrected chi connectivity index (χ4v) is 2.98. The zero-order valence-electron chi connectivity index (χ0n) is 14.6. The van der Waals surface area contributed by atoms with Crippen molar-refractivity contribution in [2.75, 3.05) is 13.2 Å². The molecule has 0 saturated carbocycles. The molecule has 0 radical (unpaired) electrons. The summed E-state index contributed by atoms with van der Waals surface area (Å²) in [5.74, 6) is -0.607.